The van der Waals surface area contributed by atoms with Crippen LogP contribution in [-0.2, 0) is 6.42 Å². The number of aromatic nitrogens is 1. The second-order valence-electron chi connectivity index (χ2n) is 5.77. The van der Waals surface area contributed by atoms with Gasteiger partial charge in [0.05, 0.1) is 5.69 Å². The zero-order valence-corrected chi connectivity index (χ0v) is 12.8. The number of nitrogens with one attached hydrogen (secondary N) is 1. The summed E-state index contributed by atoms with van der Waals surface area (Å²) in [5.41, 5.74) is 13.0. The third-order valence-electron chi connectivity index (χ3n) is 4.30. The van der Waals surface area contributed by atoms with Crippen molar-refractivity contribution in [1.82, 2.24) is 4.98 Å². The molecule has 0 radical (unpaired) electrons. The fourth-order valence-corrected chi connectivity index (χ4v) is 3.12. The second kappa shape index (κ2) is 5.65. The Balaban J connectivity index is 1.92. The Morgan fingerprint density at radius 1 is 0.739 bits per heavy atom. The summed E-state index contributed by atoms with van der Waals surface area (Å²) in [6, 6.07) is 27.0. The van der Waals surface area contributed by atoms with Gasteiger partial charge in [0, 0.05) is 23.0 Å². The topological polar surface area (TPSA) is 41.8 Å². The molecule has 112 valence electrons. The minimum absolute atomic E-state index is 0.820. The van der Waals surface area contributed by atoms with Crippen molar-refractivity contribution in [3.05, 3.63) is 90.0 Å². The molecule has 23 heavy (non-hydrogen) atoms. The molecule has 2 nitrogen and oxygen atoms in total. The van der Waals surface area contributed by atoms with E-state index in [1.54, 1.807) is 0 Å². The molecule has 4 aromatic rings. The predicted molar refractivity (Wildman–Crippen MR) is 97.4 cm³/mol. The molecule has 0 unspecified atom stereocenters. The summed E-state index contributed by atoms with van der Waals surface area (Å²) in [5, 5.41) is 1.26. The van der Waals surface area contributed by atoms with Gasteiger partial charge in [-0.25, -0.2) is 0 Å². The maximum Gasteiger partial charge on any atom is 0.0500 e. The van der Waals surface area contributed by atoms with Gasteiger partial charge in [0.15, 0.2) is 0 Å². The number of benzene rings is 3. The Morgan fingerprint density at radius 2 is 1.43 bits per heavy atom. The first-order valence-electron chi connectivity index (χ1n) is 7.81. The monoisotopic (exact) mass is 298 g/mol. The van der Waals surface area contributed by atoms with Crippen molar-refractivity contribution in [2.75, 3.05) is 5.73 Å². The summed E-state index contributed by atoms with van der Waals surface area (Å²) in [4.78, 5) is 3.58. The lowest BCUT2D eigenvalue weighted by molar-refractivity contribution is 1.21. The molecule has 0 aliphatic rings. The lowest BCUT2D eigenvalue weighted by atomic mass is 9.98. The van der Waals surface area contributed by atoms with Crippen LogP contribution in [-0.4, -0.2) is 4.98 Å². The number of nitrogens with two attached hydrogens (primary N) is 1. The summed E-state index contributed by atoms with van der Waals surface area (Å²) in [6.07, 6.45) is 0.820. The third kappa shape index (κ3) is 2.49. The van der Waals surface area contributed by atoms with Gasteiger partial charge in [-0.3, -0.25) is 0 Å². The molecular weight excluding hydrogens is 280 g/mol. The Kier molecular flexibility index (Phi) is 3.35. The molecule has 3 N–H and O–H groups in total. The van der Waals surface area contributed by atoms with E-state index in [0.29, 0.717) is 0 Å². The minimum atomic E-state index is 0.820. The molecule has 0 aliphatic carbocycles. The fraction of sp³-hybridized carbons (Fsp3) is 0.0476. The van der Waals surface area contributed by atoms with E-state index in [1.807, 2.05) is 24.3 Å². The van der Waals surface area contributed by atoms with Crippen LogP contribution >= 0.6 is 0 Å². The molecule has 0 amide bonds. The van der Waals surface area contributed by atoms with Crippen LogP contribution in [0.3, 0.4) is 0 Å². The van der Waals surface area contributed by atoms with Crippen molar-refractivity contribution in [1.29, 1.82) is 0 Å². The Labute approximate surface area is 135 Å². The van der Waals surface area contributed by atoms with Gasteiger partial charge in [0.1, 0.15) is 0 Å². The molecule has 4 rings (SSSR count). The van der Waals surface area contributed by atoms with Crippen LogP contribution in [0.1, 0.15) is 11.1 Å². The average Bonchev–Trinajstić information content (AvgIpc) is 2.96. The maximum atomic E-state index is 6.16. The van der Waals surface area contributed by atoms with Crippen LogP contribution in [0.5, 0.6) is 0 Å². The number of H-pyrrole nitrogens is 1. The quantitative estimate of drug-likeness (QED) is 0.513. The molecule has 0 spiro atoms. The standard InChI is InChI=1S/C21H18N2/c22-19-12-6-4-10-16(19)14-18-17-11-5-7-13-20(17)23-21(18)15-8-2-1-3-9-15/h1-13,23H,14,22H2. The van der Waals surface area contributed by atoms with Crippen LogP contribution < -0.4 is 5.73 Å². The molecule has 2 heteroatoms. The van der Waals surface area contributed by atoms with Crippen molar-refractivity contribution in [3.63, 3.8) is 0 Å². The Hall–Kier alpha value is -3.00. The van der Waals surface area contributed by atoms with Crippen LogP contribution in [0.2, 0.25) is 0 Å². The van der Waals surface area contributed by atoms with Crippen molar-refractivity contribution in [3.8, 4) is 11.3 Å². The summed E-state index contributed by atoms with van der Waals surface area (Å²) >= 11 is 0. The van der Waals surface area contributed by atoms with Gasteiger partial charge in [0.25, 0.3) is 0 Å². The van der Waals surface area contributed by atoms with E-state index in [1.165, 1.54) is 22.2 Å². The van der Waals surface area contributed by atoms with Crippen LogP contribution in [0, 0.1) is 0 Å². The highest BCUT2D eigenvalue weighted by Crippen LogP contribution is 2.32. The number of para-hydroxylation sites is 2. The van der Waals surface area contributed by atoms with Crippen molar-refractivity contribution < 1.29 is 0 Å². The molecule has 0 atom stereocenters. The highest BCUT2D eigenvalue weighted by molar-refractivity contribution is 5.91. The molecule has 1 aromatic heterocycles. The average molecular weight is 298 g/mol. The minimum Gasteiger partial charge on any atom is -0.398 e. The van der Waals surface area contributed by atoms with Crippen molar-refractivity contribution in [2.45, 2.75) is 6.42 Å². The summed E-state index contributed by atoms with van der Waals surface area (Å²) in [5.74, 6) is 0. The van der Waals surface area contributed by atoms with E-state index >= 15 is 0 Å². The highest BCUT2D eigenvalue weighted by Gasteiger charge is 2.14. The summed E-state index contributed by atoms with van der Waals surface area (Å²) < 4.78 is 0. The van der Waals surface area contributed by atoms with Crippen molar-refractivity contribution >= 4 is 16.6 Å². The largest absolute Gasteiger partial charge is 0.398 e. The van der Waals surface area contributed by atoms with Crippen molar-refractivity contribution in [2.24, 2.45) is 0 Å². The van der Waals surface area contributed by atoms with Gasteiger partial charge in [-0.15, -0.1) is 0 Å². The normalized spacial score (nSPS) is 11.0. The van der Waals surface area contributed by atoms with E-state index in [0.717, 1.165) is 23.2 Å². The first-order chi connectivity index (χ1) is 11.3. The number of anilines is 1. The summed E-state index contributed by atoms with van der Waals surface area (Å²) in [6.45, 7) is 0. The van der Waals surface area contributed by atoms with Gasteiger partial charge >= 0.3 is 0 Å². The lowest BCUT2D eigenvalue weighted by Gasteiger charge is -2.08. The molecular formula is C21H18N2. The van der Waals surface area contributed by atoms with Crippen LogP contribution in [0.25, 0.3) is 22.2 Å². The number of rotatable bonds is 3. The van der Waals surface area contributed by atoms with E-state index in [4.69, 9.17) is 5.73 Å². The first-order valence-corrected chi connectivity index (χ1v) is 7.81. The first kappa shape index (κ1) is 13.6. The van der Waals surface area contributed by atoms with Gasteiger partial charge in [-0.05, 0) is 28.8 Å². The molecule has 0 saturated carbocycles. The Bertz CT molecular complexity index is 952. The molecule has 0 bridgehead atoms. The highest BCUT2D eigenvalue weighted by atomic mass is 14.7. The summed E-state index contributed by atoms with van der Waals surface area (Å²) in [7, 11) is 0. The Morgan fingerprint density at radius 3 is 2.26 bits per heavy atom. The number of hydrogen-bond acceptors (Lipinski definition) is 1. The molecule has 3 aromatic carbocycles. The smallest absolute Gasteiger partial charge is 0.0500 e. The number of fused-ring (bicyclic) bond motifs is 1. The van der Waals surface area contributed by atoms with E-state index in [9.17, 15) is 0 Å². The lowest BCUT2D eigenvalue weighted by Crippen LogP contribution is -1.96. The van der Waals surface area contributed by atoms with E-state index in [-0.39, 0.29) is 0 Å². The van der Waals surface area contributed by atoms with Gasteiger partial charge in [-0.2, -0.15) is 0 Å². The number of hydrogen-bond donors (Lipinski definition) is 2. The predicted octanol–water partition coefficient (Wildman–Crippen LogP) is 5.01. The fourth-order valence-electron chi connectivity index (χ4n) is 3.12. The second-order valence-corrected chi connectivity index (χ2v) is 5.77. The van der Waals surface area contributed by atoms with E-state index < -0.39 is 0 Å². The number of nitrogen functional groups attached to an aromatic ring is 1. The van der Waals surface area contributed by atoms with Gasteiger partial charge in [0.2, 0.25) is 0 Å². The molecule has 0 fully saturated rings. The SMILES string of the molecule is Nc1ccccc1Cc1c(-c2ccccc2)[nH]c2ccccc12. The van der Waals surface area contributed by atoms with E-state index in [2.05, 4.69) is 59.6 Å². The zero-order chi connectivity index (χ0) is 15.6. The van der Waals surface area contributed by atoms with Crippen LogP contribution in [0.15, 0.2) is 78.9 Å². The molecule has 0 saturated heterocycles. The van der Waals surface area contributed by atoms with Crippen LogP contribution in [0.4, 0.5) is 5.69 Å². The number of aromatic amines is 1. The molecule has 1 heterocycles. The maximum absolute atomic E-state index is 6.16. The van der Waals surface area contributed by atoms with Gasteiger partial charge in [-0.1, -0.05) is 66.7 Å². The third-order valence-corrected chi connectivity index (χ3v) is 4.30. The molecule has 0 aliphatic heterocycles. The van der Waals surface area contributed by atoms with Gasteiger partial charge < -0.3 is 10.7 Å². The zero-order valence-electron chi connectivity index (χ0n) is 12.8.